The zero-order valence-corrected chi connectivity index (χ0v) is 14.1. The van der Waals surface area contributed by atoms with Crippen LogP contribution in [-0.2, 0) is 6.54 Å². The van der Waals surface area contributed by atoms with Gasteiger partial charge in [-0.3, -0.25) is 9.36 Å². The first-order chi connectivity index (χ1) is 11.1. The van der Waals surface area contributed by atoms with Crippen molar-refractivity contribution in [3.05, 3.63) is 33.3 Å². The van der Waals surface area contributed by atoms with Crippen molar-refractivity contribution in [2.45, 2.75) is 37.8 Å². The van der Waals surface area contributed by atoms with Crippen molar-refractivity contribution in [3.63, 3.8) is 0 Å². The van der Waals surface area contributed by atoms with Gasteiger partial charge in [-0.05, 0) is 38.9 Å². The number of halogens is 1. The van der Waals surface area contributed by atoms with Crippen LogP contribution in [0.2, 0.25) is 5.02 Å². The third-order valence-corrected chi connectivity index (χ3v) is 5.49. The molecular weight excluding hydrogens is 314 g/mol. The maximum atomic E-state index is 12.9. The number of aromatic nitrogens is 2. The fourth-order valence-electron chi connectivity index (χ4n) is 4.14. The smallest absolute Gasteiger partial charge is 0.261 e. The standard InChI is InChI=1S/C17H20ClN3O2/c1-20-6-3-4-11-13(20)5-7-21-16(11)19-15-12(17(21)22)8-10(18)9-14(15)23-2/h8-9,11,13H,3-7H2,1-2H3/t11-,13+/m0/s1. The fourth-order valence-corrected chi connectivity index (χ4v) is 4.35. The van der Waals surface area contributed by atoms with Crippen molar-refractivity contribution in [1.82, 2.24) is 14.5 Å². The van der Waals surface area contributed by atoms with Gasteiger partial charge < -0.3 is 9.64 Å². The van der Waals surface area contributed by atoms with Crippen LogP contribution in [-0.4, -0.2) is 41.2 Å². The first-order valence-electron chi connectivity index (χ1n) is 8.08. The van der Waals surface area contributed by atoms with Crippen LogP contribution in [0, 0.1) is 0 Å². The van der Waals surface area contributed by atoms with Gasteiger partial charge in [0.05, 0.1) is 12.5 Å². The Balaban J connectivity index is 1.97. The summed E-state index contributed by atoms with van der Waals surface area (Å²) in [6.07, 6.45) is 3.23. The molecule has 0 amide bonds. The predicted molar refractivity (Wildman–Crippen MR) is 90.6 cm³/mol. The van der Waals surface area contributed by atoms with Crippen molar-refractivity contribution in [3.8, 4) is 5.75 Å². The third kappa shape index (κ3) is 2.25. The molecular formula is C17H20ClN3O2. The number of likely N-dealkylation sites (tertiary alicyclic amines) is 1. The van der Waals surface area contributed by atoms with Crippen LogP contribution >= 0.6 is 11.6 Å². The van der Waals surface area contributed by atoms with Crippen molar-refractivity contribution in [2.24, 2.45) is 0 Å². The normalized spacial score (nSPS) is 24.3. The molecule has 2 aromatic rings. The van der Waals surface area contributed by atoms with Crippen LogP contribution in [0.3, 0.4) is 0 Å². The minimum absolute atomic E-state index is 0.00234. The lowest BCUT2D eigenvalue weighted by atomic mass is 9.84. The van der Waals surface area contributed by atoms with Gasteiger partial charge in [0.15, 0.2) is 0 Å². The van der Waals surface area contributed by atoms with E-state index in [-0.39, 0.29) is 5.56 Å². The van der Waals surface area contributed by atoms with Gasteiger partial charge >= 0.3 is 0 Å². The molecule has 122 valence electrons. The SMILES string of the molecule is COc1cc(Cl)cc2c(=O)n3c(nc12)[C@H]1CCCN(C)[C@@H]1CC3. The van der Waals surface area contributed by atoms with Gasteiger partial charge in [-0.1, -0.05) is 11.6 Å². The minimum Gasteiger partial charge on any atom is -0.494 e. The highest BCUT2D eigenvalue weighted by atomic mass is 35.5. The molecule has 0 radical (unpaired) electrons. The van der Waals surface area contributed by atoms with E-state index in [9.17, 15) is 4.79 Å². The Morgan fingerprint density at radius 2 is 2.13 bits per heavy atom. The number of nitrogens with zero attached hydrogens (tertiary/aromatic N) is 3. The van der Waals surface area contributed by atoms with Gasteiger partial charge in [0, 0.05) is 29.6 Å². The monoisotopic (exact) mass is 333 g/mol. The average Bonchev–Trinajstić information content (AvgIpc) is 2.55. The van der Waals surface area contributed by atoms with Crippen molar-refractivity contribution in [2.75, 3.05) is 20.7 Å². The molecule has 0 N–H and O–H groups in total. The zero-order chi connectivity index (χ0) is 16.1. The van der Waals surface area contributed by atoms with Crippen LogP contribution in [0.1, 0.15) is 31.0 Å². The highest BCUT2D eigenvalue weighted by Gasteiger charge is 2.37. The number of piperidine rings is 1. The number of fused-ring (bicyclic) bond motifs is 4. The Labute approximate surface area is 139 Å². The maximum absolute atomic E-state index is 12.9. The van der Waals surface area contributed by atoms with Crippen LogP contribution < -0.4 is 10.3 Å². The summed E-state index contributed by atoms with van der Waals surface area (Å²) in [6.45, 7) is 1.84. The van der Waals surface area contributed by atoms with Gasteiger partial charge in [0.1, 0.15) is 17.1 Å². The van der Waals surface area contributed by atoms with Gasteiger partial charge in [-0.25, -0.2) is 4.98 Å². The maximum Gasteiger partial charge on any atom is 0.261 e. The second kappa shape index (κ2) is 5.49. The number of benzene rings is 1. The quantitative estimate of drug-likeness (QED) is 0.805. The van der Waals surface area contributed by atoms with E-state index in [0.717, 1.165) is 38.2 Å². The summed E-state index contributed by atoms with van der Waals surface area (Å²) in [5.74, 6) is 1.80. The Kier molecular flexibility index (Phi) is 3.58. The number of rotatable bonds is 1. The van der Waals surface area contributed by atoms with E-state index in [0.29, 0.717) is 33.6 Å². The van der Waals surface area contributed by atoms with Crippen LogP contribution in [0.25, 0.3) is 10.9 Å². The average molecular weight is 334 g/mol. The molecule has 0 aliphatic carbocycles. The molecule has 23 heavy (non-hydrogen) atoms. The molecule has 6 heteroatoms. The number of ether oxygens (including phenoxy) is 1. The molecule has 2 aliphatic heterocycles. The van der Waals surface area contributed by atoms with E-state index < -0.39 is 0 Å². The molecule has 0 spiro atoms. The summed E-state index contributed by atoms with van der Waals surface area (Å²) in [5.41, 5.74) is 0.625. The van der Waals surface area contributed by atoms with E-state index in [2.05, 4.69) is 11.9 Å². The molecule has 3 heterocycles. The molecule has 2 atom stereocenters. The molecule has 0 unspecified atom stereocenters. The molecule has 0 bridgehead atoms. The summed E-state index contributed by atoms with van der Waals surface area (Å²) in [4.78, 5) is 20.2. The largest absolute Gasteiger partial charge is 0.494 e. The lowest BCUT2D eigenvalue weighted by Gasteiger charge is -2.42. The Hall–Kier alpha value is -1.59. The summed E-state index contributed by atoms with van der Waals surface area (Å²) in [5, 5.41) is 1.04. The molecule has 2 aliphatic rings. The Morgan fingerprint density at radius 1 is 1.30 bits per heavy atom. The number of methoxy groups -OCH3 is 1. The second-order valence-corrected chi connectivity index (χ2v) is 6.95. The Bertz CT molecular complexity index is 833. The zero-order valence-electron chi connectivity index (χ0n) is 13.4. The summed E-state index contributed by atoms with van der Waals surface area (Å²) in [7, 11) is 3.76. The van der Waals surface area contributed by atoms with Gasteiger partial charge in [0.25, 0.3) is 5.56 Å². The molecule has 1 saturated heterocycles. The number of hydrogen-bond acceptors (Lipinski definition) is 4. The van der Waals surface area contributed by atoms with Crippen LogP contribution in [0.4, 0.5) is 0 Å². The number of likely N-dealkylation sites (N-methyl/N-ethyl adjacent to an activating group) is 1. The number of hydrogen-bond donors (Lipinski definition) is 0. The fraction of sp³-hybridized carbons (Fsp3) is 0.529. The van der Waals surface area contributed by atoms with E-state index in [1.807, 2.05) is 4.57 Å². The summed E-state index contributed by atoms with van der Waals surface area (Å²) >= 11 is 6.12. The van der Waals surface area contributed by atoms with Gasteiger partial charge in [-0.2, -0.15) is 0 Å². The Morgan fingerprint density at radius 3 is 2.91 bits per heavy atom. The van der Waals surface area contributed by atoms with Crippen LogP contribution in [0.5, 0.6) is 5.75 Å². The summed E-state index contributed by atoms with van der Waals surface area (Å²) < 4.78 is 7.25. The van der Waals surface area contributed by atoms with Gasteiger partial charge in [-0.15, -0.1) is 0 Å². The van der Waals surface area contributed by atoms with Crippen LogP contribution in [0.15, 0.2) is 16.9 Å². The van der Waals surface area contributed by atoms with E-state index >= 15 is 0 Å². The molecule has 5 nitrogen and oxygen atoms in total. The highest BCUT2D eigenvalue weighted by Crippen LogP contribution is 2.37. The second-order valence-electron chi connectivity index (χ2n) is 6.52. The molecule has 0 saturated carbocycles. The van der Waals surface area contributed by atoms with Crippen molar-refractivity contribution >= 4 is 22.5 Å². The summed E-state index contributed by atoms with van der Waals surface area (Å²) in [6, 6.07) is 3.90. The van der Waals surface area contributed by atoms with Crippen molar-refractivity contribution in [1.29, 1.82) is 0 Å². The first kappa shape index (κ1) is 15.0. The van der Waals surface area contributed by atoms with E-state index in [1.54, 1.807) is 19.2 Å². The predicted octanol–water partition coefficient (Wildman–Crippen LogP) is 2.64. The van der Waals surface area contributed by atoms with Crippen molar-refractivity contribution < 1.29 is 4.74 Å². The van der Waals surface area contributed by atoms with E-state index in [1.165, 1.54) is 0 Å². The highest BCUT2D eigenvalue weighted by molar-refractivity contribution is 6.31. The first-order valence-corrected chi connectivity index (χ1v) is 8.46. The molecule has 1 aromatic carbocycles. The third-order valence-electron chi connectivity index (χ3n) is 5.27. The molecule has 1 fully saturated rings. The van der Waals surface area contributed by atoms with Gasteiger partial charge in [0.2, 0.25) is 0 Å². The lowest BCUT2D eigenvalue weighted by Crippen LogP contribution is -2.47. The molecule has 1 aromatic heterocycles. The molecule has 4 rings (SSSR count). The minimum atomic E-state index is -0.00234. The topological polar surface area (TPSA) is 47.4 Å². The lowest BCUT2D eigenvalue weighted by molar-refractivity contribution is 0.123. The van der Waals surface area contributed by atoms with E-state index in [4.69, 9.17) is 21.3 Å².